The molecule has 0 amide bonds. The molecule has 282 valence electrons. The van der Waals surface area contributed by atoms with E-state index in [1.165, 1.54) is 0 Å². The molecule has 0 spiro atoms. The van der Waals surface area contributed by atoms with Crippen LogP contribution in [0.4, 0.5) is 0 Å². The van der Waals surface area contributed by atoms with Gasteiger partial charge in [0.15, 0.2) is 11.6 Å². The molecule has 0 atom stereocenters. The van der Waals surface area contributed by atoms with Gasteiger partial charge in [-0.05, 0) is 60.7 Å². The first-order valence-corrected chi connectivity index (χ1v) is 19.6. The Hall–Kier alpha value is -9.03. The maximum Gasteiger partial charge on any atom is 0.162 e. The average molecular weight is 779 g/mol. The van der Waals surface area contributed by atoms with E-state index in [4.69, 9.17) is 19.9 Å². The fraction of sp³-hybridized carbons (Fsp3) is 0. The lowest BCUT2D eigenvalue weighted by atomic mass is 9.97. The lowest BCUT2D eigenvalue weighted by Gasteiger charge is -2.20. The van der Waals surface area contributed by atoms with Crippen molar-refractivity contribution in [2.45, 2.75) is 0 Å². The van der Waals surface area contributed by atoms with Crippen molar-refractivity contribution < 1.29 is 0 Å². The van der Waals surface area contributed by atoms with Gasteiger partial charge in [0.25, 0.3) is 0 Å². The number of fused-ring (bicyclic) bond motifs is 3. The lowest BCUT2D eigenvalue weighted by Crippen LogP contribution is -2.06. The minimum Gasteiger partial charge on any atom is -0.308 e. The van der Waals surface area contributed by atoms with Crippen LogP contribution in [0.25, 0.3) is 95.3 Å². The predicted molar refractivity (Wildman–Crippen MR) is 239 cm³/mol. The highest BCUT2D eigenvalue weighted by atomic mass is 15.0. The van der Waals surface area contributed by atoms with Crippen LogP contribution in [0, 0.1) is 34.0 Å². The van der Waals surface area contributed by atoms with E-state index in [9.17, 15) is 15.8 Å². The van der Waals surface area contributed by atoms with Gasteiger partial charge in [-0.25, -0.2) is 19.9 Å². The van der Waals surface area contributed by atoms with Gasteiger partial charge < -0.3 is 4.57 Å². The average Bonchev–Trinajstić information content (AvgIpc) is 3.66. The van der Waals surface area contributed by atoms with Gasteiger partial charge in [0.1, 0.15) is 0 Å². The van der Waals surface area contributed by atoms with Crippen molar-refractivity contribution in [2.24, 2.45) is 0 Å². The summed E-state index contributed by atoms with van der Waals surface area (Å²) in [6.07, 6.45) is 0. The van der Waals surface area contributed by atoms with Crippen LogP contribution < -0.4 is 0 Å². The minimum absolute atomic E-state index is 0.379. The van der Waals surface area contributed by atoms with Crippen LogP contribution in [-0.4, -0.2) is 24.5 Å². The Bertz CT molecular complexity index is 3100. The molecule has 8 nitrogen and oxygen atoms in total. The first-order valence-electron chi connectivity index (χ1n) is 19.6. The zero-order valence-electron chi connectivity index (χ0n) is 32.4. The Balaban J connectivity index is 1.38. The van der Waals surface area contributed by atoms with Crippen molar-refractivity contribution in [3.05, 3.63) is 199 Å². The molecule has 0 aliphatic heterocycles. The van der Waals surface area contributed by atoms with Crippen molar-refractivity contribution in [2.75, 3.05) is 0 Å². The molecule has 0 bridgehead atoms. The lowest BCUT2D eigenvalue weighted by molar-refractivity contribution is 1.13. The Morgan fingerprint density at radius 1 is 0.344 bits per heavy atom. The number of hydrogen-bond donors (Lipinski definition) is 0. The van der Waals surface area contributed by atoms with E-state index in [1.807, 2.05) is 170 Å². The van der Waals surface area contributed by atoms with E-state index in [0.29, 0.717) is 67.9 Å². The summed E-state index contributed by atoms with van der Waals surface area (Å²) in [5.41, 5.74) is 11.0. The van der Waals surface area contributed by atoms with Gasteiger partial charge in [0, 0.05) is 44.2 Å². The van der Waals surface area contributed by atoms with Crippen molar-refractivity contribution in [1.29, 1.82) is 15.8 Å². The molecule has 10 aromatic rings. The zero-order valence-corrected chi connectivity index (χ0v) is 32.4. The molecule has 0 aliphatic rings. The minimum atomic E-state index is 0.379. The van der Waals surface area contributed by atoms with Crippen LogP contribution in [0.5, 0.6) is 0 Å². The molecule has 0 saturated heterocycles. The summed E-state index contributed by atoms with van der Waals surface area (Å²) in [5, 5.41) is 32.5. The molecule has 0 unspecified atom stereocenters. The van der Waals surface area contributed by atoms with Crippen LogP contribution >= 0.6 is 0 Å². The van der Waals surface area contributed by atoms with Gasteiger partial charge in [-0.3, -0.25) is 0 Å². The van der Waals surface area contributed by atoms with E-state index in [2.05, 4.69) is 22.8 Å². The van der Waals surface area contributed by atoms with Crippen molar-refractivity contribution in [3.63, 3.8) is 0 Å². The largest absolute Gasteiger partial charge is 0.308 e. The molecule has 0 saturated carbocycles. The van der Waals surface area contributed by atoms with Gasteiger partial charge >= 0.3 is 0 Å². The molecule has 10 rings (SSSR count). The summed E-state index contributed by atoms with van der Waals surface area (Å²) in [6.45, 7) is 0. The van der Waals surface area contributed by atoms with Crippen molar-refractivity contribution >= 4 is 21.8 Å². The summed E-state index contributed by atoms with van der Waals surface area (Å²) in [7, 11) is 0. The first-order chi connectivity index (χ1) is 30.1. The molecule has 8 heteroatoms. The van der Waals surface area contributed by atoms with Crippen molar-refractivity contribution in [1.82, 2.24) is 24.5 Å². The highest BCUT2D eigenvalue weighted by molar-refractivity contribution is 6.11. The fourth-order valence-corrected chi connectivity index (χ4v) is 7.85. The predicted octanol–water partition coefficient (Wildman–Crippen LogP) is 12.0. The smallest absolute Gasteiger partial charge is 0.162 e. The van der Waals surface area contributed by atoms with Gasteiger partial charge in [0.05, 0.1) is 74.4 Å². The maximum absolute atomic E-state index is 10.8. The summed E-state index contributed by atoms with van der Waals surface area (Å²) in [5.74, 6) is 0.909. The number of benzene rings is 7. The second kappa shape index (κ2) is 15.4. The van der Waals surface area contributed by atoms with Gasteiger partial charge in [-0.1, -0.05) is 121 Å². The summed E-state index contributed by atoms with van der Waals surface area (Å²) in [6, 6.07) is 65.5. The van der Waals surface area contributed by atoms with E-state index in [0.717, 1.165) is 44.1 Å². The Morgan fingerprint density at radius 2 is 0.738 bits per heavy atom. The molecule has 0 radical (unpaired) electrons. The topological polar surface area (TPSA) is 128 Å². The molecule has 7 aromatic carbocycles. The molecule has 0 fully saturated rings. The summed E-state index contributed by atoms with van der Waals surface area (Å²) >= 11 is 0. The number of hydrogen-bond acceptors (Lipinski definition) is 7. The summed E-state index contributed by atoms with van der Waals surface area (Å²) < 4.78 is 2.12. The number of rotatable bonds is 7. The van der Waals surface area contributed by atoms with E-state index < -0.39 is 0 Å². The Labute approximate surface area is 351 Å². The standard InChI is InChI=1S/C53H30N8/c54-31-34-21-23-49-41(25-34)42-26-35(32-55)22-24-50(42)61(49)51-43(48-30-47(39-17-9-3-10-18-39)57-52(60-48)40-19-11-4-12-20-40)27-36(33-56)28-44(51)53-58-45(37-13-5-1-6-14-37)29-46(59-53)38-15-7-2-8-16-38/h1-30H. The Kier molecular flexibility index (Phi) is 9.16. The number of aromatic nitrogens is 5. The third-order valence-electron chi connectivity index (χ3n) is 10.7. The molecule has 3 heterocycles. The Morgan fingerprint density at radius 3 is 1.20 bits per heavy atom. The maximum atomic E-state index is 10.8. The first kappa shape index (κ1) is 36.3. The second-order valence-electron chi connectivity index (χ2n) is 14.4. The highest BCUT2D eigenvalue weighted by Crippen LogP contribution is 2.43. The second-order valence-corrected chi connectivity index (χ2v) is 14.4. The van der Waals surface area contributed by atoms with Crippen LogP contribution in [0.2, 0.25) is 0 Å². The third-order valence-corrected chi connectivity index (χ3v) is 10.7. The normalized spacial score (nSPS) is 10.9. The molecule has 0 aliphatic carbocycles. The van der Waals surface area contributed by atoms with Gasteiger partial charge in [-0.15, -0.1) is 0 Å². The van der Waals surface area contributed by atoms with Crippen LogP contribution in [0.15, 0.2) is 182 Å². The van der Waals surface area contributed by atoms with E-state index in [1.54, 1.807) is 12.1 Å². The number of nitrogens with zero attached hydrogens (tertiary/aromatic N) is 8. The summed E-state index contributed by atoms with van der Waals surface area (Å²) in [4.78, 5) is 20.9. The SMILES string of the molecule is N#Cc1cc(-c2cc(-c3ccccc3)nc(-c3ccccc3)n2)c(-n2c3ccc(C#N)cc3c3cc(C#N)ccc32)c(-c2nc(-c3ccccc3)cc(-c3ccccc3)n2)c1. The van der Waals surface area contributed by atoms with Crippen molar-refractivity contribution in [3.8, 4) is 91.7 Å². The van der Waals surface area contributed by atoms with Crippen LogP contribution in [0.3, 0.4) is 0 Å². The van der Waals surface area contributed by atoms with Gasteiger partial charge in [0.2, 0.25) is 0 Å². The van der Waals surface area contributed by atoms with E-state index >= 15 is 0 Å². The fourth-order valence-electron chi connectivity index (χ4n) is 7.85. The third kappa shape index (κ3) is 6.71. The molecular formula is C53H30N8. The monoisotopic (exact) mass is 778 g/mol. The molecule has 3 aromatic heterocycles. The molecule has 61 heavy (non-hydrogen) atoms. The van der Waals surface area contributed by atoms with Gasteiger partial charge in [-0.2, -0.15) is 15.8 Å². The molecular weight excluding hydrogens is 749 g/mol. The number of nitriles is 3. The molecule has 0 N–H and O–H groups in total. The van der Waals surface area contributed by atoms with E-state index in [-0.39, 0.29) is 0 Å². The van der Waals surface area contributed by atoms with Crippen LogP contribution in [-0.2, 0) is 0 Å². The highest BCUT2D eigenvalue weighted by Gasteiger charge is 2.25. The zero-order chi connectivity index (χ0) is 41.3. The van der Waals surface area contributed by atoms with Crippen LogP contribution in [0.1, 0.15) is 16.7 Å². The quantitative estimate of drug-likeness (QED) is 0.157.